The molecule has 134 valence electrons. The number of imide groups is 1. The number of hydrogen-bond donors (Lipinski definition) is 2. The summed E-state index contributed by atoms with van der Waals surface area (Å²) in [6.07, 6.45) is 1.39. The van der Waals surface area contributed by atoms with Crippen LogP contribution in [0.4, 0.5) is 4.79 Å². The van der Waals surface area contributed by atoms with Gasteiger partial charge in [0.1, 0.15) is 12.1 Å². The van der Waals surface area contributed by atoms with E-state index in [1.54, 1.807) is 12.0 Å². The molecule has 8 heteroatoms. The van der Waals surface area contributed by atoms with Gasteiger partial charge in [-0.15, -0.1) is 0 Å². The average Bonchev–Trinajstić information content (AvgIpc) is 2.93. The van der Waals surface area contributed by atoms with Crippen molar-refractivity contribution in [1.29, 1.82) is 0 Å². The number of carbonyl (C=O) groups is 3. The molecule has 2 aliphatic rings. The minimum Gasteiger partial charge on any atom is -0.493 e. The van der Waals surface area contributed by atoms with E-state index in [-0.39, 0.29) is 18.4 Å². The number of hydrogen-bond acceptors (Lipinski definition) is 5. The van der Waals surface area contributed by atoms with E-state index < -0.39 is 18.0 Å². The van der Waals surface area contributed by atoms with Crippen molar-refractivity contribution >= 4 is 17.8 Å². The van der Waals surface area contributed by atoms with Crippen molar-refractivity contribution in [1.82, 2.24) is 15.5 Å². The highest BCUT2D eigenvalue weighted by Crippen LogP contribution is 2.29. The predicted molar refractivity (Wildman–Crippen MR) is 88.3 cm³/mol. The molecule has 25 heavy (non-hydrogen) atoms. The minimum absolute atomic E-state index is 0.00910. The molecule has 0 bridgehead atoms. The molecule has 1 atom stereocenters. The molecule has 2 aliphatic heterocycles. The third-order valence-corrected chi connectivity index (χ3v) is 4.39. The van der Waals surface area contributed by atoms with Crippen LogP contribution in [0.1, 0.15) is 19.3 Å². The lowest BCUT2D eigenvalue weighted by atomic mass is 10.1. The van der Waals surface area contributed by atoms with Gasteiger partial charge in [-0.2, -0.15) is 0 Å². The molecule has 0 radical (unpaired) electrons. The van der Waals surface area contributed by atoms with Gasteiger partial charge in [-0.1, -0.05) is 12.1 Å². The zero-order valence-electron chi connectivity index (χ0n) is 14.0. The Morgan fingerprint density at radius 3 is 2.48 bits per heavy atom. The molecule has 0 spiro atoms. The number of nitrogens with one attached hydrogen (secondary N) is 2. The molecule has 1 aromatic carbocycles. The van der Waals surface area contributed by atoms with Crippen molar-refractivity contribution in [3.8, 4) is 11.5 Å². The first kappa shape index (κ1) is 17.1. The van der Waals surface area contributed by atoms with Gasteiger partial charge in [0.15, 0.2) is 11.5 Å². The molecular weight excluding hydrogens is 326 g/mol. The normalized spacial score (nSPS) is 20.8. The number of carbonyl (C=O) groups excluding carboxylic acids is 3. The number of rotatable bonds is 5. The number of ether oxygens (including phenoxy) is 2. The van der Waals surface area contributed by atoms with Gasteiger partial charge < -0.3 is 19.7 Å². The van der Waals surface area contributed by atoms with Crippen LogP contribution >= 0.6 is 0 Å². The lowest BCUT2D eigenvalue weighted by Crippen LogP contribution is -2.44. The Hall–Kier alpha value is -2.77. The van der Waals surface area contributed by atoms with Crippen molar-refractivity contribution in [3.05, 3.63) is 24.3 Å². The lowest BCUT2D eigenvalue weighted by molar-refractivity contribution is -0.135. The number of nitrogens with zero attached hydrogens (tertiary/aromatic N) is 1. The molecule has 2 saturated heterocycles. The summed E-state index contributed by atoms with van der Waals surface area (Å²) in [5, 5.41) is 4.57. The Labute approximate surface area is 145 Å². The highest BCUT2D eigenvalue weighted by molar-refractivity contribution is 6.05. The van der Waals surface area contributed by atoms with Gasteiger partial charge in [-0.3, -0.25) is 14.9 Å². The van der Waals surface area contributed by atoms with Crippen LogP contribution in [-0.2, 0) is 9.59 Å². The maximum absolute atomic E-state index is 12.3. The quantitative estimate of drug-likeness (QED) is 0.763. The number of para-hydroxylation sites is 2. The van der Waals surface area contributed by atoms with Gasteiger partial charge in [0.05, 0.1) is 13.5 Å². The first-order valence-corrected chi connectivity index (χ1v) is 8.25. The topological polar surface area (TPSA) is 97.0 Å². The number of piperidine rings is 1. The number of likely N-dealkylation sites (tertiary alicyclic amines) is 1. The molecule has 4 amide bonds. The zero-order valence-corrected chi connectivity index (χ0v) is 14.0. The Kier molecular flexibility index (Phi) is 5.06. The van der Waals surface area contributed by atoms with Crippen LogP contribution in [0, 0.1) is 0 Å². The van der Waals surface area contributed by atoms with Crippen molar-refractivity contribution in [3.63, 3.8) is 0 Å². The molecule has 0 unspecified atom stereocenters. The van der Waals surface area contributed by atoms with Crippen LogP contribution < -0.4 is 20.1 Å². The minimum atomic E-state index is -0.775. The second-order valence-electron chi connectivity index (χ2n) is 6.07. The molecule has 3 rings (SSSR count). The van der Waals surface area contributed by atoms with Crippen LogP contribution in [0.15, 0.2) is 24.3 Å². The monoisotopic (exact) mass is 347 g/mol. The lowest BCUT2D eigenvalue weighted by Gasteiger charge is -2.32. The Bertz CT molecular complexity index is 670. The summed E-state index contributed by atoms with van der Waals surface area (Å²) in [6, 6.07) is 6.14. The summed E-state index contributed by atoms with van der Waals surface area (Å²) in [5.41, 5.74) is 0. The van der Waals surface area contributed by atoms with Gasteiger partial charge in [0.2, 0.25) is 5.91 Å². The van der Waals surface area contributed by atoms with Gasteiger partial charge in [0.25, 0.3) is 5.91 Å². The van der Waals surface area contributed by atoms with Crippen molar-refractivity contribution in [2.75, 3.05) is 20.2 Å². The van der Waals surface area contributed by atoms with Gasteiger partial charge in [0, 0.05) is 25.9 Å². The Morgan fingerprint density at radius 1 is 1.20 bits per heavy atom. The maximum atomic E-state index is 12.3. The maximum Gasteiger partial charge on any atom is 0.322 e. The molecular formula is C17H21N3O5. The molecule has 0 aliphatic carbocycles. The number of urea groups is 1. The largest absolute Gasteiger partial charge is 0.493 e. The first-order chi connectivity index (χ1) is 12.1. The summed E-state index contributed by atoms with van der Waals surface area (Å²) < 4.78 is 11.3. The third-order valence-electron chi connectivity index (χ3n) is 4.39. The molecule has 8 nitrogen and oxygen atoms in total. The van der Waals surface area contributed by atoms with Crippen LogP contribution in [0.3, 0.4) is 0 Å². The van der Waals surface area contributed by atoms with E-state index in [1.807, 2.05) is 24.3 Å². The van der Waals surface area contributed by atoms with Crippen LogP contribution in [0.5, 0.6) is 11.5 Å². The Balaban J connectivity index is 1.49. The van der Waals surface area contributed by atoms with Crippen molar-refractivity contribution in [2.45, 2.75) is 31.4 Å². The van der Waals surface area contributed by atoms with E-state index in [0.29, 0.717) is 37.4 Å². The van der Waals surface area contributed by atoms with E-state index in [1.165, 1.54) is 0 Å². The fraction of sp³-hybridized carbons (Fsp3) is 0.471. The highest BCUT2D eigenvalue weighted by atomic mass is 16.5. The van der Waals surface area contributed by atoms with Gasteiger partial charge >= 0.3 is 6.03 Å². The number of amides is 4. The molecule has 0 saturated carbocycles. The van der Waals surface area contributed by atoms with E-state index in [4.69, 9.17) is 9.47 Å². The van der Waals surface area contributed by atoms with Gasteiger partial charge in [-0.05, 0) is 12.1 Å². The predicted octanol–water partition coefficient (Wildman–Crippen LogP) is 0.663. The fourth-order valence-corrected chi connectivity index (χ4v) is 3.03. The zero-order chi connectivity index (χ0) is 17.8. The summed E-state index contributed by atoms with van der Waals surface area (Å²) in [5.74, 6) is 0.787. The molecule has 1 aromatic rings. The SMILES string of the molecule is COc1ccccc1OC1CCN(C(=O)C[C@H]2NC(=O)NC2=O)CC1. The first-order valence-electron chi connectivity index (χ1n) is 8.25. The van der Waals surface area contributed by atoms with E-state index >= 15 is 0 Å². The van der Waals surface area contributed by atoms with Gasteiger partial charge in [-0.25, -0.2) is 4.79 Å². The summed E-state index contributed by atoms with van der Waals surface area (Å²) in [6.45, 7) is 1.11. The van der Waals surface area contributed by atoms with E-state index in [2.05, 4.69) is 10.6 Å². The standard InChI is InChI=1S/C17H21N3O5/c1-24-13-4-2-3-5-14(13)25-11-6-8-20(9-7-11)15(21)10-12-16(22)19-17(23)18-12/h2-5,11-12H,6-10H2,1H3,(H2,18,19,22,23)/t12-/m1/s1. The third kappa shape index (κ3) is 4.01. The second-order valence-corrected chi connectivity index (χ2v) is 6.07. The molecule has 2 fully saturated rings. The average molecular weight is 347 g/mol. The van der Waals surface area contributed by atoms with Crippen LogP contribution in [0.2, 0.25) is 0 Å². The Morgan fingerprint density at radius 2 is 1.88 bits per heavy atom. The number of benzene rings is 1. The number of methoxy groups -OCH3 is 1. The molecule has 0 aromatic heterocycles. The molecule has 2 heterocycles. The van der Waals surface area contributed by atoms with E-state index in [9.17, 15) is 14.4 Å². The summed E-state index contributed by atoms with van der Waals surface area (Å²) in [7, 11) is 1.60. The fourth-order valence-electron chi connectivity index (χ4n) is 3.03. The smallest absolute Gasteiger partial charge is 0.322 e. The van der Waals surface area contributed by atoms with Crippen molar-refractivity contribution in [2.24, 2.45) is 0 Å². The second kappa shape index (κ2) is 7.42. The highest BCUT2D eigenvalue weighted by Gasteiger charge is 2.33. The van der Waals surface area contributed by atoms with Crippen LogP contribution in [0.25, 0.3) is 0 Å². The van der Waals surface area contributed by atoms with Crippen LogP contribution in [-0.4, -0.2) is 55.1 Å². The summed E-state index contributed by atoms with van der Waals surface area (Å²) in [4.78, 5) is 36.6. The van der Waals surface area contributed by atoms with E-state index in [0.717, 1.165) is 0 Å². The summed E-state index contributed by atoms with van der Waals surface area (Å²) >= 11 is 0. The molecule has 2 N–H and O–H groups in total. The van der Waals surface area contributed by atoms with Crippen molar-refractivity contribution < 1.29 is 23.9 Å².